The van der Waals surface area contributed by atoms with Gasteiger partial charge in [0, 0.05) is 10.9 Å². The number of ether oxygens (including phenoxy) is 1. The number of piperidine rings is 1. The average Bonchev–Trinajstić information content (AvgIpc) is 3.07. The molecule has 0 spiro atoms. The van der Waals surface area contributed by atoms with Crippen LogP contribution in [0.4, 0.5) is 15.9 Å². The lowest BCUT2D eigenvalue weighted by Gasteiger charge is -2.25. The summed E-state index contributed by atoms with van der Waals surface area (Å²) in [5.74, 6) is 0.932. The number of hydrogen-bond donors (Lipinski definition) is 3. The van der Waals surface area contributed by atoms with Crippen LogP contribution in [-0.4, -0.2) is 35.6 Å². The lowest BCUT2D eigenvalue weighted by molar-refractivity contribution is -0.106. The molecule has 4 N–H and O–H groups in total. The van der Waals surface area contributed by atoms with Gasteiger partial charge in [-0.2, -0.15) is 0 Å². The van der Waals surface area contributed by atoms with E-state index in [1.165, 1.54) is 17.0 Å². The maximum absolute atomic E-state index is 13.8. The van der Waals surface area contributed by atoms with E-state index in [-0.39, 0.29) is 18.3 Å². The van der Waals surface area contributed by atoms with Crippen LogP contribution in [0.3, 0.4) is 0 Å². The van der Waals surface area contributed by atoms with Gasteiger partial charge in [0.1, 0.15) is 34.6 Å². The quantitative estimate of drug-likeness (QED) is 0.511. The van der Waals surface area contributed by atoms with Crippen molar-refractivity contribution in [3.05, 3.63) is 40.8 Å². The molecule has 1 aromatic carbocycles. The van der Waals surface area contributed by atoms with Gasteiger partial charge in [0.2, 0.25) is 6.41 Å². The van der Waals surface area contributed by atoms with E-state index in [9.17, 15) is 4.39 Å². The molecule has 4 rings (SSSR count). The van der Waals surface area contributed by atoms with Gasteiger partial charge in [-0.05, 0) is 57.5 Å². The van der Waals surface area contributed by atoms with Gasteiger partial charge in [0.25, 0.3) is 0 Å². The van der Waals surface area contributed by atoms with Crippen molar-refractivity contribution >= 4 is 39.5 Å². The van der Waals surface area contributed by atoms with Crippen molar-refractivity contribution in [1.82, 2.24) is 15.3 Å². The van der Waals surface area contributed by atoms with Crippen LogP contribution < -0.4 is 21.1 Å². The molecule has 2 aromatic heterocycles. The zero-order chi connectivity index (χ0) is 22.8. The third-order valence-corrected chi connectivity index (χ3v) is 5.86. The molecule has 3 heterocycles. The lowest BCUT2D eigenvalue weighted by atomic mass is 10.1. The predicted molar refractivity (Wildman–Crippen MR) is 125 cm³/mol. The molecule has 7 nitrogen and oxygen atoms in total. The number of primary amides is 1. The van der Waals surface area contributed by atoms with Crippen LogP contribution in [0.15, 0.2) is 24.5 Å². The van der Waals surface area contributed by atoms with E-state index >= 15 is 0 Å². The molecule has 0 radical (unpaired) electrons. The molecule has 1 fully saturated rings. The minimum atomic E-state index is -0.310. The summed E-state index contributed by atoms with van der Waals surface area (Å²) >= 11 is 1.65. The number of aromatic nitrogens is 2. The molecular weight excluding hydrogens is 417 g/mol. The van der Waals surface area contributed by atoms with Crippen molar-refractivity contribution in [3.63, 3.8) is 0 Å². The summed E-state index contributed by atoms with van der Waals surface area (Å²) in [4.78, 5) is 19.5. The highest BCUT2D eigenvalue weighted by Gasteiger charge is 2.18. The van der Waals surface area contributed by atoms with Crippen LogP contribution in [0, 0.1) is 19.7 Å². The molecule has 0 aliphatic carbocycles. The molecule has 3 aromatic rings. The molecular formula is C22H30FN5O2S. The highest BCUT2D eigenvalue weighted by Crippen LogP contribution is 2.36. The molecule has 0 bridgehead atoms. The summed E-state index contributed by atoms with van der Waals surface area (Å²) in [5, 5.41) is 7.65. The van der Waals surface area contributed by atoms with Crippen LogP contribution >= 0.6 is 11.3 Å². The largest absolute Gasteiger partial charge is 0.488 e. The number of carbonyl (C=O) groups is 1. The Kier molecular flexibility index (Phi) is 9.61. The van der Waals surface area contributed by atoms with Gasteiger partial charge in [-0.1, -0.05) is 13.8 Å². The number of hydrogen-bond acceptors (Lipinski definition) is 7. The molecule has 0 saturated carbocycles. The Hall–Kier alpha value is -2.78. The molecule has 0 atom stereocenters. The van der Waals surface area contributed by atoms with Gasteiger partial charge in [-0.15, -0.1) is 11.3 Å². The SMILES string of the molecule is CC.Cc1sc2ncnc(Nc3ccc(F)cc3OC3CCNCC3)c2c1C.NC=O. The van der Waals surface area contributed by atoms with Gasteiger partial charge in [-0.3, -0.25) is 4.79 Å². The first-order valence-corrected chi connectivity index (χ1v) is 11.1. The van der Waals surface area contributed by atoms with E-state index in [0.29, 0.717) is 11.4 Å². The Morgan fingerprint density at radius 2 is 1.94 bits per heavy atom. The van der Waals surface area contributed by atoms with Crippen molar-refractivity contribution in [2.75, 3.05) is 18.4 Å². The summed E-state index contributed by atoms with van der Waals surface area (Å²) in [6.07, 6.45) is 3.72. The van der Waals surface area contributed by atoms with Gasteiger partial charge in [0.15, 0.2) is 0 Å². The number of aryl methyl sites for hydroxylation is 2. The standard InChI is InChI=1S/C19H21FN4OS.C2H6.CH3NO/c1-11-12(2)26-19-17(11)18(22-10-23-19)24-15-4-3-13(20)9-16(15)25-14-5-7-21-8-6-14;1-2;2-1-3/h3-4,9-10,14,21H,5-8H2,1-2H3,(H,22,23,24);1-2H3;1H,(H2,2,3). The van der Waals surface area contributed by atoms with E-state index in [1.54, 1.807) is 23.7 Å². The van der Waals surface area contributed by atoms with Gasteiger partial charge in [-0.25, -0.2) is 14.4 Å². The second-order valence-electron chi connectivity index (χ2n) is 6.65. The van der Waals surface area contributed by atoms with Gasteiger partial charge >= 0.3 is 0 Å². The summed E-state index contributed by atoms with van der Waals surface area (Å²) in [7, 11) is 0. The molecule has 1 aliphatic rings. The average molecular weight is 448 g/mol. The van der Waals surface area contributed by atoms with Crippen molar-refractivity contribution in [2.45, 2.75) is 46.6 Å². The monoisotopic (exact) mass is 447 g/mol. The van der Waals surface area contributed by atoms with Crippen LogP contribution in [0.5, 0.6) is 5.75 Å². The molecule has 1 aliphatic heterocycles. The van der Waals surface area contributed by atoms with Crippen molar-refractivity contribution in [2.24, 2.45) is 5.73 Å². The smallest absolute Gasteiger partial charge is 0.204 e. The number of nitrogens with zero attached hydrogens (tertiary/aromatic N) is 2. The number of fused-ring (bicyclic) bond motifs is 1. The molecule has 168 valence electrons. The van der Waals surface area contributed by atoms with E-state index in [0.717, 1.165) is 47.5 Å². The molecule has 1 saturated heterocycles. The molecule has 1 amide bonds. The Labute approximate surface area is 186 Å². The second-order valence-corrected chi connectivity index (χ2v) is 7.86. The fraction of sp³-hybridized carbons (Fsp3) is 0.409. The number of thiophene rings is 1. The number of nitrogens with two attached hydrogens (primary N) is 1. The highest BCUT2D eigenvalue weighted by molar-refractivity contribution is 7.18. The minimum absolute atomic E-state index is 0.0918. The maximum Gasteiger partial charge on any atom is 0.204 e. The van der Waals surface area contributed by atoms with Gasteiger partial charge < -0.3 is 21.1 Å². The summed E-state index contributed by atoms with van der Waals surface area (Å²) in [6, 6.07) is 4.57. The Bertz CT molecular complexity index is 989. The number of rotatable bonds is 4. The Balaban J connectivity index is 0.000000630. The van der Waals surface area contributed by atoms with E-state index < -0.39 is 0 Å². The summed E-state index contributed by atoms with van der Waals surface area (Å²) in [5.41, 5.74) is 6.05. The third kappa shape index (κ3) is 6.35. The fourth-order valence-corrected chi connectivity index (χ4v) is 4.19. The number of amides is 1. The molecule has 0 unspecified atom stereocenters. The van der Waals surface area contributed by atoms with Crippen LogP contribution in [0.1, 0.15) is 37.1 Å². The second kappa shape index (κ2) is 12.2. The number of benzene rings is 1. The van der Waals surface area contributed by atoms with Crippen LogP contribution in [-0.2, 0) is 4.79 Å². The number of carbonyl (C=O) groups excluding carboxylic acids is 1. The zero-order valence-electron chi connectivity index (χ0n) is 18.4. The molecule has 31 heavy (non-hydrogen) atoms. The first kappa shape index (κ1) is 24.5. The number of halogens is 1. The van der Waals surface area contributed by atoms with Crippen molar-refractivity contribution in [3.8, 4) is 5.75 Å². The summed E-state index contributed by atoms with van der Waals surface area (Å²) < 4.78 is 19.9. The van der Waals surface area contributed by atoms with Crippen LogP contribution in [0.25, 0.3) is 10.2 Å². The maximum atomic E-state index is 13.8. The first-order chi connectivity index (χ1) is 15.0. The third-order valence-electron chi connectivity index (χ3n) is 4.74. The Morgan fingerprint density at radius 1 is 1.26 bits per heavy atom. The van der Waals surface area contributed by atoms with E-state index in [1.807, 2.05) is 13.8 Å². The normalized spacial score (nSPS) is 13.5. The van der Waals surface area contributed by atoms with Crippen molar-refractivity contribution < 1.29 is 13.9 Å². The lowest BCUT2D eigenvalue weighted by Crippen LogP contribution is -2.34. The number of anilines is 2. The zero-order valence-corrected chi connectivity index (χ0v) is 19.2. The minimum Gasteiger partial charge on any atom is -0.488 e. The molecule has 9 heteroatoms. The van der Waals surface area contributed by atoms with E-state index in [4.69, 9.17) is 9.53 Å². The van der Waals surface area contributed by atoms with Crippen molar-refractivity contribution in [1.29, 1.82) is 0 Å². The van der Waals surface area contributed by atoms with E-state index in [2.05, 4.69) is 40.2 Å². The van der Waals surface area contributed by atoms with Gasteiger partial charge in [0.05, 0.1) is 11.1 Å². The highest BCUT2D eigenvalue weighted by atomic mass is 32.1. The van der Waals surface area contributed by atoms with Crippen LogP contribution in [0.2, 0.25) is 0 Å². The topological polar surface area (TPSA) is 102 Å². The predicted octanol–water partition coefficient (Wildman–Crippen LogP) is 4.45. The fourth-order valence-electron chi connectivity index (χ4n) is 3.19. The summed E-state index contributed by atoms with van der Waals surface area (Å²) in [6.45, 7) is 9.99. The first-order valence-electron chi connectivity index (χ1n) is 10.3. The Morgan fingerprint density at radius 3 is 2.61 bits per heavy atom. The number of nitrogens with one attached hydrogen (secondary N) is 2.